The average Bonchev–Trinajstić information content (AvgIpc) is 3.41. The fraction of sp³-hybridized carbons (Fsp3) is 0.154. The van der Waals surface area contributed by atoms with Gasteiger partial charge in [0.1, 0.15) is 11.4 Å². The lowest BCUT2D eigenvalue weighted by atomic mass is 10.0. The van der Waals surface area contributed by atoms with Gasteiger partial charge in [-0.2, -0.15) is 0 Å². The van der Waals surface area contributed by atoms with E-state index >= 15 is 0 Å². The Morgan fingerprint density at radius 1 is 0.909 bits per heavy atom. The van der Waals surface area contributed by atoms with Crippen LogP contribution in [0.15, 0.2) is 78.5 Å². The summed E-state index contributed by atoms with van der Waals surface area (Å²) in [6.45, 7) is 0.441. The summed E-state index contributed by atoms with van der Waals surface area (Å²) in [7, 11) is 1.58. The summed E-state index contributed by atoms with van der Waals surface area (Å²) < 4.78 is 16.0. The Kier molecular flexibility index (Phi) is 5.44. The molecule has 0 saturated heterocycles. The van der Waals surface area contributed by atoms with Crippen LogP contribution in [0, 0.1) is 0 Å². The van der Waals surface area contributed by atoms with Gasteiger partial charge < -0.3 is 19.5 Å². The van der Waals surface area contributed by atoms with Crippen LogP contribution in [0.2, 0.25) is 0 Å². The van der Waals surface area contributed by atoms with Crippen molar-refractivity contribution >= 4 is 23.1 Å². The van der Waals surface area contributed by atoms with E-state index in [1.165, 1.54) is 4.90 Å². The smallest absolute Gasteiger partial charge is 0.278 e. The van der Waals surface area contributed by atoms with E-state index in [9.17, 15) is 9.59 Å². The number of nitrogens with one attached hydrogen (secondary N) is 1. The highest BCUT2D eigenvalue weighted by molar-refractivity contribution is 6.36. The van der Waals surface area contributed by atoms with E-state index in [1.54, 1.807) is 49.6 Å². The van der Waals surface area contributed by atoms with E-state index in [1.807, 2.05) is 30.3 Å². The van der Waals surface area contributed by atoms with Gasteiger partial charge in [-0.1, -0.05) is 42.5 Å². The number of imide groups is 1. The second-order valence-corrected chi connectivity index (χ2v) is 7.67. The van der Waals surface area contributed by atoms with Crippen LogP contribution in [0.5, 0.6) is 17.2 Å². The number of hydrogen-bond acceptors (Lipinski definition) is 6. The van der Waals surface area contributed by atoms with Crippen LogP contribution >= 0.6 is 0 Å². The number of fused-ring (bicyclic) bond motifs is 1. The van der Waals surface area contributed by atoms with Gasteiger partial charge in [-0.15, -0.1) is 0 Å². The molecule has 0 spiro atoms. The monoisotopic (exact) mass is 442 g/mol. The lowest BCUT2D eigenvalue weighted by Crippen LogP contribution is -2.34. The van der Waals surface area contributed by atoms with Crippen molar-refractivity contribution in [2.75, 3.05) is 25.8 Å². The number of rotatable bonds is 7. The lowest BCUT2D eigenvalue weighted by Gasteiger charge is -2.15. The SMILES string of the molecule is COc1ccc(C2=C(Nc3ccc4c(c3)OCO4)C(=O)N(CCc3ccccc3)C2=O)cc1. The molecule has 0 unspecified atom stereocenters. The maximum Gasteiger partial charge on any atom is 0.278 e. The average molecular weight is 442 g/mol. The van der Waals surface area contributed by atoms with Crippen molar-refractivity contribution in [2.45, 2.75) is 6.42 Å². The molecular formula is C26H22N2O5. The Balaban J connectivity index is 1.47. The predicted molar refractivity (Wildman–Crippen MR) is 123 cm³/mol. The second kappa shape index (κ2) is 8.70. The molecule has 33 heavy (non-hydrogen) atoms. The number of hydrogen-bond donors (Lipinski definition) is 1. The van der Waals surface area contributed by atoms with Gasteiger partial charge >= 0.3 is 0 Å². The first kappa shape index (κ1) is 20.6. The molecule has 2 aliphatic heterocycles. The number of nitrogens with zero attached hydrogens (tertiary/aromatic N) is 1. The van der Waals surface area contributed by atoms with Crippen LogP contribution in [0.4, 0.5) is 5.69 Å². The molecule has 2 aliphatic rings. The van der Waals surface area contributed by atoms with Crippen LogP contribution in [0.1, 0.15) is 11.1 Å². The Hall–Kier alpha value is -4.26. The van der Waals surface area contributed by atoms with Crippen LogP contribution in [0.25, 0.3) is 5.57 Å². The number of carbonyl (C=O) groups is 2. The Morgan fingerprint density at radius 2 is 1.67 bits per heavy atom. The summed E-state index contributed by atoms with van der Waals surface area (Å²) in [6, 6.07) is 22.2. The van der Waals surface area contributed by atoms with E-state index in [4.69, 9.17) is 14.2 Å². The molecule has 0 bridgehead atoms. The van der Waals surface area contributed by atoms with Crippen LogP contribution in [-0.4, -0.2) is 37.2 Å². The summed E-state index contributed by atoms with van der Waals surface area (Å²) in [5.41, 5.74) is 2.89. The van der Waals surface area contributed by atoms with Crippen LogP contribution in [-0.2, 0) is 16.0 Å². The van der Waals surface area contributed by atoms with Gasteiger partial charge in [0.05, 0.1) is 12.7 Å². The van der Waals surface area contributed by atoms with Crippen molar-refractivity contribution in [2.24, 2.45) is 0 Å². The minimum Gasteiger partial charge on any atom is -0.497 e. The summed E-state index contributed by atoms with van der Waals surface area (Å²) in [5.74, 6) is 1.21. The summed E-state index contributed by atoms with van der Waals surface area (Å²) in [4.78, 5) is 28.1. The minimum atomic E-state index is -0.362. The third-order valence-corrected chi connectivity index (χ3v) is 5.66. The number of methoxy groups -OCH3 is 1. The Labute approximate surface area is 191 Å². The van der Waals surface area contributed by atoms with Crippen molar-refractivity contribution in [1.82, 2.24) is 4.90 Å². The second-order valence-electron chi connectivity index (χ2n) is 7.67. The van der Waals surface area contributed by atoms with Gasteiger partial charge in [0.15, 0.2) is 11.5 Å². The molecule has 0 aliphatic carbocycles. The van der Waals surface area contributed by atoms with Gasteiger partial charge in [0, 0.05) is 18.3 Å². The van der Waals surface area contributed by atoms with E-state index in [0.29, 0.717) is 40.5 Å². The highest BCUT2D eigenvalue weighted by Crippen LogP contribution is 2.36. The van der Waals surface area contributed by atoms with Gasteiger partial charge in [-0.05, 0) is 41.8 Å². The number of amides is 2. The van der Waals surface area contributed by atoms with E-state index in [-0.39, 0.29) is 30.8 Å². The molecule has 3 aromatic carbocycles. The molecule has 0 aromatic heterocycles. The van der Waals surface area contributed by atoms with Gasteiger partial charge in [-0.3, -0.25) is 14.5 Å². The third kappa shape index (κ3) is 4.01. The predicted octanol–water partition coefficient (Wildman–Crippen LogP) is 3.86. The molecule has 7 heteroatoms. The molecular weight excluding hydrogens is 420 g/mol. The van der Waals surface area contributed by atoms with Crippen molar-refractivity contribution in [1.29, 1.82) is 0 Å². The molecule has 166 valence electrons. The van der Waals surface area contributed by atoms with Crippen molar-refractivity contribution < 1.29 is 23.8 Å². The van der Waals surface area contributed by atoms with E-state index in [2.05, 4.69) is 5.32 Å². The fourth-order valence-corrected chi connectivity index (χ4v) is 3.92. The van der Waals surface area contributed by atoms with Crippen LogP contribution in [0.3, 0.4) is 0 Å². The molecule has 2 heterocycles. The Morgan fingerprint density at radius 3 is 2.42 bits per heavy atom. The zero-order chi connectivity index (χ0) is 22.8. The zero-order valence-corrected chi connectivity index (χ0v) is 18.0. The zero-order valence-electron chi connectivity index (χ0n) is 18.0. The summed E-state index contributed by atoms with van der Waals surface area (Å²) in [5, 5.41) is 3.16. The van der Waals surface area contributed by atoms with Crippen molar-refractivity contribution in [3.63, 3.8) is 0 Å². The van der Waals surface area contributed by atoms with Crippen LogP contribution < -0.4 is 19.5 Å². The fourth-order valence-electron chi connectivity index (χ4n) is 3.92. The first-order valence-electron chi connectivity index (χ1n) is 10.6. The van der Waals surface area contributed by atoms with Gasteiger partial charge in [0.2, 0.25) is 6.79 Å². The molecule has 7 nitrogen and oxygen atoms in total. The van der Waals surface area contributed by atoms with Crippen molar-refractivity contribution in [3.05, 3.63) is 89.6 Å². The molecule has 0 saturated carbocycles. The molecule has 3 aromatic rings. The maximum atomic E-state index is 13.4. The third-order valence-electron chi connectivity index (χ3n) is 5.66. The summed E-state index contributed by atoms with van der Waals surface area (Å²) >= 11 is 0. The largest absolute Gasteiger partial charge is 0.497 e. The molecule has 0 radical (unpaired) electrons. The molecule has 0 fully saturated rings. The number of carbonyl (C=O) groups excluding carboxylic acids is 2. The van der Waals surface area contributed by atoms with E-state index in [0.717, 1.165) is 5.56 Å². The molecule has 2 amide bonds. The van der Waals surface area contributed by atoms with Gasteiger partial charge in [-0.25, -0.2) is 0 Å². The standard InChI is InChI=1S/C26H22N2O5/c1-31-20-10-7-18(8-11-20)23-24(27-19-9-12-21-22(15-19)33-16-32-21)26(30)28(25(23)29)14-13-17-5-3-2-4-6-17/h2-12,15,27H,13-14,16H2,1H3. The Bertz CT molecular complexity index is 1240. The quantitative estimate of drug-likeness (QED) is 0.560. The van der Waals surface area contributed by atoms with Crippen molar-refractivity contribution in [3.8, 4) is 17.2 Å². The first-order chi connectivity index (χ1) is 16.1. The topological polar surface area (TPSA) is 77.1 Å². The highest BCUT2D eigenvalue weighted by atomic mass is 16.7. The first-order valence-corrected chi connectivity index (χ1v) is 10.6. The number of benzene rings is 3. The molecule has 1 N–H and O–H groups in total. The molecule has 5 rings (SSSR count). The number of anilines is 1. The summed E-state index contributed by atoms with van der Waals surface area (Å²) in [6.07, 6.45) is 0.575. The normalized spacial score (nSPS) is 14.8. The maximum absolute atomic E-state index is 13.4. The number of ether oxygens (including phenoxy) is 3. The van der Waals surface area contributed by atoms with E-state index < -0.39 is 0 Å². The minimum absolute atomic E-state index is 0.156. The highest BCUT2D eigenvalue weighted by Gasteiger charge is 2.39. The lowest BCUT2D eigenvalue weighted by molar-refractivity contribution is -0.136. The van der Waals surface area contributed by atoms with Gasteiger partial charge in [0.25, 0.3) is 11.8 Å². The molecule has 0 atom stereocenters.